The van der Waals surface area contributed by atoms with Crippen LogP contribution in [0.4, 0.5) is 0 Å². The van der Waals surface area contributed by atoms with Gasteiger partial charge >= 0.3 is 5.97 Å². The highest BCUT2D eigenvalue weighted by molar-refractivity contribution is 5.70. The van der Waals surface area contributed by atoms with E-state index in [9.17, 15) is 4.79 Å². The third-order valence-corrected chi connectivity index (χ3v) is 2.99. The second kappa shape index (κ2) is 6.18. The van der Waals surface area contributed by atoms with Crippen molar-refractivity contribution in [2.75, 3.05) is 33.0 Å². The first-order valence-electron chi connectivity index (χ1n) is 5.61. The van der Waals surface area contributed by atoms with Gasteiger partial charge in [-0.1, -0.05) is 0 Å². The number of hydrogen-bond donors (Lipinski definition) is 2. The van der Waals surface area contributed by atoms with Crippen LogP contribution in [0.1, 0.15) is 19.8 Å². The van der Waals surface area contributed by atoms with Gasteiger partial charge in [0.25, 0.3) is 0 Å². The van der Waals surface area contributed by atoms with Crippen molar-refractivity contribution in [3.05, 3.63) is 0 Å². The van der Waals surface area contributed by atoms with Crippen molar-refractivity contribution < 1.29 is 24.5 Å². The number of hydrogen-bond acceptors (Lipinski definition) is 5. The minimum absolute atomic E-state index is 0.0118. The lowest BCUT2D eigenvalue weighted by atomic mass is 9.63. The van der Waals surface area contributed by atoms with Crippen LogP contribution in [0, 0.1) is 11.3 Å². The average Bonchev–Trinajstić information content (AvgIpc) is 2.22. The van der Waals surface area contributed by atoms with E-state index in [1.54, 1.807) is 6.92 Å². The summed E-state index contributed by atoms with van der Waals surface area (Å²) in [6.45, 7) is 2.61. The first-order valence-corrected chi connectivity index (χ1v) is 5.61. The summed E-state index contributed by atoms with van der Waals surface area (Å²) < 4.78 is 9.91. The fraction of sp³-hybridized carbons (Fsp3) is 0.909. The molecule has 94 valence electrons. The van der Waals surface area contributed by atoms with E-state index in [4.69, 9.17) is 19.7 Å². The van der Waals surface area contributed by atoms with Gasteiger partial charge in [-0.25, -0.2) is 4.79 Å². The van der Waals surface area contributed by atoms with E-state index < -0.39 is 0 Å². The van der Waals surface area contributed by atoms with Gasteiger partial charge in [0, 0.05) is 5.41 Å². The normalized spacial score (nSPS) is 19.2. The summed E-state index contributed by atoms with van der Waals surface area (Å²) in [4.78, 5) is 10.9. The molecule has 1 saturated carbocycles. The van der Waals surface area contributed by atoms with Crippen LogP contribution in [0.5, 0.6) is 0 Å². The van der Waals surface area contributed by atoms with Crippen LogP contribution in [0.25, 0.3) is 0 Å². The molecule has 1 aliphatic carbocycles. The number of ether oxygens (including phenoxy) is 2. The molecule has 1 fully saturated rings. The molecule has 0 bridgehead atoms. The lowest BCUT2D eigenvalue weighted by molar-refractivity contribution is -0.150. The highest BCUT2D eigenvalue weighted by Gasteiger charge is 2.43. The molecular formula is C11H20O5. The van der Waals surface area contributed by atoms with Gasteiger partial charge in [-0.3, -0.25) is 0 Å². The standard InChI is InChI=1S/C11H20O5/c1-2-16-10(14)6-15-5-9-3-11(4-9,7-12)8-13/h9,12-13H,2-8H2,1H3. The van der Waals surface area contributed by atoms with E-state index >= 15 is 0 Å². The van der Waals surface area contributed by atoms with Gasteiger partial charge in [0.2, 0.25) is 0 Å². The fourth-order valence-electron chi connectivity index (χ4n) is 2.10. The number of carbonyl (C=O) groups is 1. The Bertz CT molecular complexity index is 216. The first-order chi connectivity index (χ1) is 7.65. The summed E-state index contributed by atoms with van der Waals surface area (Å²) in [5.74, 6) is -0.0221. The van der Waals surface area contributed by atoms with Crippen molar-refractivity contribution in [3.8, 4) is 0 Å². The Hall–Kier alpha value is -0.650. The van der Waals surface area contributed by atoms with Crippen LogP contribution in [-0.2, 0) is 14.3 Å². The molecule has 5 heteroatoms. The minimum atomic E-state index is -0.350. The Morgan fingerprint density at radius 3 is 2.50 bits per heavy atom. The lowest BCUT2D eigenvalue weighted by Crippen LogP contribution is -2.45. The molecule has 1 rings (SSSR count). The maximum Gasteiger partial charge on any atom is 0.332 e. The number of rotatable bonds is 7. The van der Waals surface area contributed by atoms with Gasteiger partial charge < -0.3 is 19.7 Å². The molecule has 0 heterocycles. The number of aliphatic hydroxyl groups excluding tert-OH is 2. The van der Waals surface area contributed by atoms with Crippen molar-refractivity contribution in [1.29, 1.82) is 0 Å². The molecule has 0 aromatic rings. The van der Waals surface area contributed by atoms with Gasteiger partial charge in [-0.15, -0.1) is 0 Å². The molecule has 0 radical (unpaired) electrons. The molecule has 0 aliphatic heterocycles. The SMILES string of the molecule is CCOC(=O)COCC1CC(CO)(CO)C1. The number of aliphatic hydroxyl groups is 2. The maximum absolute atomic E-state index is 10.9. The quantitative estimate of drug-likeness (QED) is 0.602. The third kappa shape index (κ3) is 3.43. The van der Waals surface area contributed by atoms with Crippen molar-refractivity contribution in [2.45, 2.75) is 19.8 Å². The van der Waals surface area contributed by atoms with E-state index in [0.717, 1.165) is 12.8 Å². The number of carbonyl (C=O) groups excluding carboxylic acids is 1. The highest BCUT2D eigenvalue weighted by Crippen LogP contribution is 2.44. The molecule has 0 atom stereocenters. The maximum atomic E-state index is 10.9. The van der Waals surface area contributed by atoms with Crippen molar-refractivity contribution in [2.24, 2.45) is 11.3 Å². The zero-order valence-corrected chi connectivity index (χ0v) is 9.65. The smallest absolute Gasteiger partial charge is 0.332 e. The van der Waals surface area contributed by atoms with Crippen LogP contribution in [0.15, 0.2) is 0 Å². The zero-order chi connectivity index (χ0) is 12.0. The molecule has 5 nitrogen and oxygen atoms in total. The monoisotopic (exact) mass is 232 g/mol. The van der Waals surface area contributed by atoms with Crippen molar-refractivity contribution >= 4 is 5.97 Å². The van der Waals surface area contributed by atoms with Crippen LogP contribution < -0.4 is 0 Å². The molecule has 0 spiro atoms. The van der Waals surface area contributed by atoms with Crippen LogP contribution in [-0.4, -0.2) is 49.2 Å². The molecule has 0 aromatic heterocycles. The molecule has 0 unspecified atom stereocenters. The van der Waals surface area contributed by atoms with E-state index in [0.29, 0.717) is 19.1 Å². The third-order valence-electron chi connectivity index (χ3n) is 2.99. The highest BCUT2D eigenvalue weighted by atomic mass is 16.6. The fourth-order valence-corrected chi connectivity index (χ4v) is 2.10. The predicted molar refractivity (Wildman–Crippen MR) is 56.8 cm³/mol. The van der Waals surface area contributed by atoms with E-state index in [-0.39, 0.29) is 31.2 Å². The van der Waals surface area contributed by atoms with E-state index in [1.165, 1.54) is 0 Å². The Labute approximate surface area is 95.4 Å². The van der Waals surface area contributed by atoms with Gasteiger partial charge in [-0.2, -0.15) is 0 Å². The van der Waals surface area contributed by atoms with Gasteiger partial charge in [0.05, 0.1) is 26.4 Å². The van der Waals surface area contributed by atoms with Gasteiger partial charge in [0.1, 0.15) is 6.61 Å². The van der Waals surface area contributed by atoms with E-state index in [2.05, 4.69) is 0 Å². The summed E-state index contributed by atoms with van der Waals surface area (Å²) in [6.07, 6.45) is 1.51. The summed E-state index contributed by atoms with van der Waals surface area (Å²) in [5, 5.41) is 18.1. The second-order valence-electron chi connectivity index (χ2n) is 4.41. The summed E-state index contributed by atoms with van der Waals surface area (Å²) in [6, 6.07) is 0. The minimum Gasteiger partial charge on any atom is -0.464 e. The zero-order valence-electron chi connectivity index (χ0n) is 9.65. The molecule has 0 saturated heterocycles. The van der Waals surface area contributed by atoms with E-state index in [1.807, 2.05) is 0 Å². The largest absolute Gasteiger partial charge is 0.464 e. The molecule has 1 aliphatic rings. The summed E-state index contributed by atoms with van der Waals surface area (Å²) >= 11 is 0. The summed E-state index contributed by atoms with van der Waals surface area (Å²) in [7, 11) is 0. The predicted octanol–water partition coefficient (Wildman–Crippen LogP) is -0.0529. The summed E-state index contributed by atoms with van der Waals surface area (Å²) in [5.41, 5.74) is -0.321. The van der Waals surface area contributed by atoms with Crippen molar-refractivity contribution in [1.82, 2.24) is 0 Å². The molecular weight excluding hydrogens is 212 g/mol. The molecule has 16 heavy (non-hydrogen) atoms. The Morgan fingerprint density at radius 2 is 2.00 bits per heavy atom. The molecule has 0 aromatic carbocycles. The first kappa shape index (κ1) is 13.4. The number of esters is 1. The Balaban J connectivity index is 2.07. The average molecular weight is 232 g/mol. The second-order valence-corrected chi connectivity index (χ2v) is 4.41. The topological polar surface area (TPSA) is 76.0 Å². The Morgan fingerprint density at radius 1 is 1.38 bits per heavy atom. The van der Waals surface area contributed by atoms with Gasteiger partial charge in [-0.05, 0) is 25.7 Å². The van der Waals surface area contributed by atoms with Crippen molar-refractivity contribution in [3.63, 3.8) is 0 Å². The lowest BCUT2D eigenvalue weighted by Gasteiger charge is -2.45. The van der Waals surface area contributed by atoms with Crippen LogP contribution >= 0.6 is 0 Å². The van der Waals surface area contributed by atoms with Crippen LogP contribution in [0.3, 0.4) is 0 Å². The van der Waals surface area contributed by atoms with Crippen LogP contribution in [0.2, 0.25) is 0 Å². The Kier molecular flexibility index (Phi) is 5.18. The molecule has 2 N–H and O–H groups in total. The molecule has 0 amide bonds. The van der Waals surface area contributed by atoms with Gasteiger partial charge in [0.15, 0.2) is 0 Å².